The van der Waals surface area contributed by atoms with Crippen LogP contribution in [0.15, 0.2) is 34.1 Å². The van der Waals surface area contributed by atoms with E-state index in [4.69, 9.17) is 5.11 Å². The second kappa shape index (κ2) is 7.57. The van der Waals surface area contributed by atoms with E-state index in [1.54, 1.807) is 24.3 Å². The first-order chi connectivity index (χ1) is 11.6. The van der Waals surface area contributed by atoms with Crippen LogP contribution in [0, 0.1) is 0 Å². The summed E-state index contributed by atoms with van der Waals surface area (Å²) in [5.41, 5.74) is 1.01. The Morgan fingerprint density at radius 3 is 2.42 bits per heavy atom. The fourth-order valence-corrected chi connectivity index (χ4v) is 5.75. The van der Waals surface area contributed by atoms with E-state index in [1.807, 2.05) is 0 Å². The van der Waals surface area contributed by atoms with E-state index in [-0.39, 0.29) is 23.2 Å². The molecule has 1 heterocycles. The third kappa shape index (κ3) is 3.59. The van der Waals surface area contributed by atoms with Crippen molar-refractivity contribution < 1.29 is 19.5 Å². The van der Waals surface area contributed by atoms with Crippen molar-refractivity contribution >= 4 is 41.1 Å². The molecule has 0 fully saturated rings. The Kier molecular flexibility index (Phi) is 5.46. The van der Waals surface area contributed by atoms with Crippen molar-refractivity contribution in [1.29, 1.82) is 0 Å². The van der Waals surface area contributed by atoms with E-state index >= 15 is 0 Å². The highest BCUT2D eigenvalue weighted by atomic mass is 32.2. The Morgan fingerprint density at radius 1 is 1.08 bits per heavy atom. The first-order valence-corrected chi connectivity index (χ1v) is 9.88. The number of fused-ring (bicyclic) bond motifs is 1. The highest BCUT2D eigenvalue weighted by molar-refractivity contribution is 8.08. The summed E-state index contributed by atoms with van der Waals surface area (Å²) in [7, 11) is 0. The van der Waals surface area contributed by atoms with Crippen LogP contribution >= 0.6 is 23.5 Å². The van der Waals surface area contributed by atoms with Crippen LogP contribution in [0.25, 0.3) is 0 Å². The molecule has 4 nitrogen and oxygen atoms in total. The van der Waals surface area contributed by atoms with E-state index in [2.05, 4.69) is 0 Å². The first-order valence-electron chi connectivity index (χ1n) is 8.02. The Hall–Kier alpha value is -1.53. The number of carbonyl (C=O) groups excluding carboxylic acids is 2. The Balaban J connectivity index is 1.75. The molecule has 6 heteroatoms. The molecule has 0 radical (unpaired) electrons. The molecular weight excluding hydrogens is 344 g/mol. The Bertz CT molecular complexity index is 723. The Labute approximate surface area is 149 Å². The van der Waals surface area contributed by atoms with E-state index < -0.39 is 5.97 Å². The predicted octanol–water partition coefficient (Wildman–Crippen LogP) is 4.16. The lowest BCUT2D eigenvalue weighted by atomic mass is 9.94. The summed E-state index contributed by atoms with van der Waals surface area (Å²) in [6.07, 6.45) is 3.46. The Morgan fingerprint density at radius 2 is 1.75 bits per heavy atom. The van der Waals surface area contributed by atoms with Crippen LogP contribution in [0.2, 0.25) is 0 Å². The zero-order valence-electron chi connectivity index (χ0n) is 13.1. The number of carbonyl (C=O) groups is 3. The van der Waals surface area contributed by atoms with Crippen molar-refractivity contribution in [1.82, 2.24) is 0 Å². The minimum absolute atomic E-state index is 0.0378. The number of carboxylic acids is 1. The van der Waals surface area contributed by atoms with E-state index in [9.17, 15) is 14.4 Å². The lowest BCUT2D eigenvalue weighted by Crippen LogP contribution is -2.19. The van der Waals surface area contributed by atoms with Crippen LogP contribution in [0.5, 0.6) is 0 Å². The number of benzene rings is 1. The lowest BCUT2D eigenvalue weighted by Gasteiger charge is -2.20. The normalized spacial score (nSPS) is 20.4. The maximum Gasteiger partial charge on any atom is 0.303 e. The number of ketones is 2. The number of carboxylic acid groups (broad SMARTS) is 1. The molecular formula is C18H18O4S2. The van der Waals surface area contributed by atoms with Gasteiger partial charge in [-0.05, 0) is 25.0 Å². The summed E-state index contributed by atoms with van der Waals surface area (Å²) in [5.74, 6) is -0.0375. The molecule has 1 aliphatic carbocycles. The number of hydrogen-bond acceptors (Lipinski definition) is 5. The quantitative estimate of drug-likeness (QED) is 0.793. The molecule has 1 N–H and O–H groups in total. The average Bonchev–Trinajstić information content (AvgIpc) is 2.79. The van der Waals surface area contributed by atoms with E-state index in [0.29, 0.717) is 27.4 Å². The molecule has 0 aromatic heterocycles. The van der Waals surface area contributed by atoms with Gasteiger partial charge in [-0.3, -0.25) is 14.4 Å². The topological polar surface area (TPSA) is 71.4 Å². The van der Waals surface area contributed by atoms with Gasteiger partial charge in [-0.25, -0.2) is 0 Å². The fourth-order valence-electron chi connectivity index (χ4n) is 2.94. The molecule has 1 atom stereocenters. The summed E-state index contributed by atoms with van der Waals surface area (Å²) < 4.78 is 0. The zero-order valence-corrected chi connectivity index (χ0v) is 14.8. The maximum atomic E-state index is 12.8. The maximum absolute atomic E-state index is 12.8. The number of allylic oxidation sites excluding steroid dienone is 2. The number of thioether (sulfide) groups is 2. The van der Waals surface area contributed by atoms with Crippen molar-refractivity contribution in [3.63, 3.8) is 0 Å². The molecule has 0 saturated carbocycles. The van der Waals surface area contributed by atoms with Crippen molar-refractivity contribution in [2.45, 2.75) is 37.4 Å². The molecule has 2 aliphatic rings. The van der Waals surface area contributed by atoms with Crippen LogP contribution in [0.3, 0.4) is 0 Å². The molecule has 1 aliphatic heterocycles. The zero-order chi connectivity index (χ0) is 17.1. The van der Waals surface area contributed by atoms with Gasteiger partial charge in [0.15, 0.2) is 0 Å². The van der Waals surface area contributed by atoms with Crippen molar-refractivity contribution in [3.8, 4) is 0 Å². The number of hydrogen-bond donors (Lipinski definition) is 1. The standard InChI is InChI=1S/C18H18O4S2/c19-14(20)8-4-1-5-11-9-10-23-17-15(21)12-6-2-3-7-13(12)16(22)18(17)24-11/h2-3,6-7,11H,1,4-5,8-10H2,(H,19,20)/t11-/m1/s1. The van der Waals surface area contributed by atoms with Crippen molar-refractivity contribution in [2.75, 3.05) is 5.75 Å². The second-order valence-corrected chi connectivity index (χ2v) is 8.29. The first kappa shape index (κ1) is 17.3. The summed E-state index contributed by atoms with van der Waals surface area (Å²) in [6, 6.07) is 7.01. The number of unbranched alkanes of at least 4 members (excludes halogenated alkanes) is 1. The minimum atomic E-state index is -0.770. The summed E-state index contributed by atoms with van der Waals surface area (Å²) in [5, 5.41) is 8.97. The van der Waals surface area contributed by atoms with Gasteiger partial charge in [-0.2, -0.15) is 0 Å². The van der Waals surface area contributed by atoms with Crippen LogP contribution in [-0.4, -0.2) is 33.6 Å². The molecule has 126 valence electrons. The third-order valence-corrected chi connectivity index (χ3v) is 6.85. The van der Waals surface area contributed by atoms with Crippen LogP contribution in [0.1, 0.15) is 52.8 Å². The van der Waals surface area contributed by atoms with E-state index in [1.165, 1.54) is 23.5 Å². The summed E-state index contributed by atoms with van der Waals surface area (Å²) in [6.45, 7) is 0. The molecule has 0 spiro atoms. The fraction of sp³-hybridized carbons (Fsp3) is 0.389. The molecule has 0 bridgehead atoms. The van der Waals surface area contributed by atoms with Crippen LogP contribution < -0.4 is 0 Å². The van der Waals surface area contributed by atoms with Gasteiger partial charge in [0, 0.05) is 22.8 Å². The molecule has 3 rings (SSSR count). The van der Waals surface area contributed by atoms with Gasteiger partial charge in [0.2, 0.25) is 11.6 Å². The smallest absolute Gasteiger partial charge is 0.303 e. The molecule has 24 heavy (non-hydrogen) atoms. The molecule has 1 aromatic rings. The van der Waals surface area contributed by atoms with Gasteiger partial charge in [0.25, 0.3) is 0 Å². The number of rotatable bonds is 5. The highest BCUT2D eigenvalue weighted by Gasteiger charge is 2.35. The van der Waals surface area contributed by atoms with Gasteiger partial charge in [-0.15, -0.1) is 23.5 Å². The van der Waals surface area contributed by atoms with E-state index in [0.717, 1.165) is 25.0 Å². The van der Waals surface area contributed by atoms with Gasteiger partial charge in [-0.1, -0.05) is 30.7 Å². The molecule has 0 unspecified atom stereocenters. The summed E-state index contributed by atoms with van der Waals surface area (Å²) >= 11 is 3.00. The lowest BCUT2D eigenvalue weighted by molar-refractivity contribution is -0.137. The minimum Gasteiger partial charge on any atom is -0.481 e. The monoisotopic (exact) mass is 362 g/mol. The molecule has 0 saturated heterocycles. The number of aliphatic carboxylic acids is 1. The number of Topliss-reactive ketones (excluding diaryl/α,β-unsaturated/α-hetero) is 2. The van der Waals surface area contributed by atoms with Crippen LogP contribution in [-0.2, 0) is 4.79 Å². The highest BCUT2D eigenvalue weighted by Crippen LogP contribution is 2.44. The predicted molar refractivity (Wildman–Crippen MR) is 96.7 cm³/mol. The van der Waals surface area contributed by atoms with Crippen LogP contribution in [0.4, 0.5) is 0 Å². The average molecular weight is 362 g/mol. The molecule has 1 aromatic carbocycles. The van der Waals surface area contributed by atoms with Crippen molar-refractivity contribution in [3.05, 3.63) is 45.2 Å². The third-order valence-electron chi connectivity index (χ3n) is 4.17. The second-order valence-electron chi connectivity index (χ2n) is 5.88. The van der Waals surface area contributed by atoms with Gasteiger partial charge < -0.3 is 5.11 Å². The van der Waals surface area contributed by atoms with Gasteiger partial charge in [0.05, 0.1) is 9.81 Å². The molecule has 0 amide bonds. The SMILES string of the molecule is O=C(O)CCCC[C@@H]1CCSC2=C(S1)C(=O)c1ccccc1C2=O. The largest absolute Gasteiger partial charge is 0.481 e. The summed E-state index contributed by atoms with van der Waals surface area (Å²) in [4.78, 5) is 37.2. The van der Waals surface area contributed by atoms with Gasteiger partial charge >= 0.3 is 5.97 Å². The van der Waals surface area contributed by atoms with Crippen molar-refractivity contribution in [2.24, 2.45) is 0 Å². The van der Waals surface area contributed by atoms with Gasteiger partial charge in [0.1, 0.15) is 0 Å².